The Morgan fingerprint density at radius 3 is 2.52 bits per heavy atom. The maximum absolute atomic E-state index is 13.6. The first-order valence-corrected chi connectivity index (χ1v) is 10.9. The lowest BCUT2D eigenvalue weighted by Gasteiger charge is -2.13. The Balaban J connectivity index is 2.80. The van der Waals surface area contributed by atoms with Gasteiger partial charge < -0.3 is 16.0 Å². The summed E-state index contributed by atoms with van der Waals surface area (Å²) in [6, 6.07) is 4.09. The largest absolute Gasteiger partial charge is 0.357 e. The smallest absolute Gasteiger partial charge is 0.221 e. The van der Waals surface area contributed by atoms with Gasteiger partial charge in [0, 0.05) is 31.8 Å². The minimum absolute atomic E-state index is 0.0612. The molecular formula is C18H29FN4O3S. The van der Waals surface area contributed by atoms with Crippen LogP contribution in [0.1, 0.15) is 38.3 Å². The van der Waals surface area contributed by atoms with Crippen LogP contribution in [0.15, 0.2) is 23.2 Å². The monoisotopic (exact) mass is 400 g/mol. The highest BCUT2D eigenvalue weighted by atomic mass is 32.2. The van der Waals surface area contributed by atoms with Crippen molar-refractivity contribution in [3.63, 3.8) is 0 Å². The lowest BCUT2D eigenvalue weighted by atomic mass is 10.1. The summed E-state index contributed by atoms with van der Waals surface area (Å²) in [7, 11) is -3.24. The van der Waals surface area contributed by atoms with Crippen molar-refractivity contribution in [3.05, 3.63) is 35.1 Å². The van der Waals surface area contributed by atoms with Gasteiger partial charge in [-0.15, -0.1) is 0 Å². The molecule has 0 atom stereocenters. The van der Waals surface area contributed by atoms with Gasteiger partial charge in [0.15, 0.2) is 15.8 Å². The molecule has 0 fully saturated rings. The molecule has 0 aromatic heterocycles. The number of benzene rings is 1. The second-order valence-corrected chi connectivity index (χ2v) is 8.72. The first kappa shape index (κ1) is 22.9. The van der Waals surface area contributed by atoms with Crippen LogP contribution in [0.3, 0.4) is 0 Å². The molecule has 7 nitrogen and oxygen atoms in total. The molecule has 3 N–H and O–H groups in total. The average molecular weight is 401 g/mol. The Bertz CT molecular complexity index is 764. The quantitative estimate of drug-likeness (QED) is 0.429. The minimum atomic E-state index is -3.24. The zero-order chi connectivity index (χ0) is 20.4. The van der Waals surface area contributed by atoms with E-state index in [1.807, 2.05) is 20.8 Å². The Labute approximate surface area is 160 Å². The maximum Gasteiger partial charge on any atom is 0.221 e. The van der Waals surface area contributed by atoms with Crippen molar-refractivity contribution >= 4 is 21.7 Å². The van der Waals surface area contributed by atoms with Crippen LogP contribution in [0.5, 0.6) is 0 Å². The number of nitrogens with zero attached hydrogens (tertiary/aromatic N) is 1. The SMILES string of the molecule is CCNC(=NCc1cc(F)ccc1CS(C)(=O)=O)NCCC(=O)NC(C)C. The van der Waals surface area contributed by atoms with Gasteiger partial charge in [-0.25, -0.2) is 17.8 Å². The van der Waals surface area contributed by atoms with Gasteiger partial charge in [0.25, 0.3) is 0 Å². The predicted octanol–water partition coefficient (Wildman–Crippen LogP) is 1.34. The lowest BCUT2D eigenvalue weighted by Crippen LogP contribution is -2.40. The molecule has 27 heavy (non-hydrogen) atoms. The van der Waals surface area contributed by atoms with Crippen LogP contribution >= 0.6 is 0 Å². The summed E-state index contributed by atoms with van der Waals surface area (Å²) in [6.07, 6.45) is 1.43. The van der Waals surface area contributed by atoms with E-state index in [4.69, 9.17) is 0 Å². The number of aliphatic imine (C=N–C) groups is 1. The third-order valence-corrected chi connectivity index (χ3v) is 4.27. The molecule has 1 rings (SSSR count). The Morgan fingerprint density at radius 2 is 1.93 bits per heavy atom. The van der Waals surface area contributed by atoms with Gasteiger partial charge in [-0.1, -0.05) is 6.07 Å². The fourth-order valence-electron chi connectivity index (χ4n) is 2.36. The number of sulfone groups is 1. The van der Waals surface area contributed by atoms with E-state index >= 15 is 0 Å². The molecule has 0 unspecified atom stereocenters. The number of rotatable bonds is 9. The van der Waals surface area contributed by atoms with E-state index in [2.05, 4.69) is 20.9 Å². The summed E-state index contributed by atoms with van der Waals surface area (Å²) < 4.78 is 36.7. The third kappa shape index (κ3) is 9.93. The fraction of sp³-hybridized carbons (Fsp3) is 0.556. The number of carbonyl (C=O) groups is 1. The normalized spacial score (nSPS) is 12.1. The first-order valence-electron chi connectivity index (χ1n) is 8.87. The van der Waals surface area contributed by atoms with E-state index < -0.39 is 15.7 Å². The highest BCUT2D eigenvalue weighted by Gasteiger charge is 2.11. The summed E-state index contributed by atoms with van der Waals surface area (Å²) >= 11 is 0. The number of guanidine groups is 1. The van der Waals surface area contributed by atoms with E-state index in [0.29, 0.717) is 36.6 Å². The molecule has 9 heteroatoms. The van der Waals surface area contributed by atoms with Crippen LogP contribution in [0.4, 0.5) is 4.39 Å². The molecule has 0 saturated heterocycles. The van der Waals surface area contributed by atoms with Crippen LogP contribution in [-0.2, 0) is 26.9 Å². The van der Waals surface area contributed by atoms with Gasteiger partial charge in [0.1, 0.15) is 5.82 Å². The van der Waals surface area contributed by atoms with Crippen LogP contribution < -0.4 is 16.0 Å². The summed E-state index contributed by atoms with van der Waals surface area (Å²) in [5, 5.41) is 8.89. The van der Waals surface area contributed by atoms with Crippen LogP contribution in [0.2, 0.25) is 0 Å². The van der Waals surface area contributed by atoms with Crippen molar-refractivity contribution in [3.8, 4) is 0 Å². The molecule has 0 radical (unpaired) electrons. The van der Waals surface area contributed by atoms with Crippen molar-refractivity contribution in [1.29, 1.82) is 0 Å². The molecule has 0 aliphatic heterocycles. The number of nitrogens with one attached hydrogen (secondary N) is 3. The number of hydrogen-bond donors (Lipinski definition) is 3. The van der Waals surface area contributed by atoms with E-state index in [1.165, 1.54) is 18.2 Å². The maximum atomic E-state index is 13.6. The third-order valence-electron chi connectivity index (χ3n) is 3.43. The highest BCUT2D eigenvalue weighted by molar-refractivity contribution is 7.89. The van der Waals surface area contributed by atoms with Crippen molar-refractivity contribution in [2.24, 2.45) is 4.99 Å². The molecular weight excluding hydrogens is 371 g/mol. The molecule has 0 heterocycles. The predicted molar refractivity (Wildman–Crippen MR) is 106 cm³/mol. The standard InChI is InChI=1S/C18H29FN4O3S/c1-5-20-18(21-9-8-17(24)23-13(2)3)22-11-15-10-16(19)7-6-14(15)12-27(4,25)26/h6-7,10,13H,5,8-9,11-12H2,1-4H3,(H,23,24)(H2,20,21,22). The Morgan fingerprint density at radius 1 is 1.22 bits per heavy atom. The van der Waals surface area contributed by atoms with Gasteiger partial charge >= 0.3 is 0 Å². The average Bonchev–Trinajstić information content (AvgIpc) is 2.53. The zero-order valence-corrected chi connectivity index (χ0v) is 17.1. The minimum Gasteiger partial charge on any atom is -0.357 e. The highest BCUT2D eigenvalue weighted by Crippen LogP contribution is 2.15. The summed E-state index contributed by atoms with van der Waals surface area (Å²) in [5.41, 5.74) is 1.03. The van der Waals surface area contributed by atoms with Gasteiger partial charge in [-0.3, -0.25) is 4.79 Å². The van der Waals surface area contributed by atoms with Crippen molar-refractivity contribution < 1.29 is 17.6 Å². The van der Waals surface area contributed by atoms with Gasteiger partial charge in [0.05, 0.1) is 12.3 Å². The van der Waals surface area contributed by atoms with E-state index in [1.54, 1.807) is 0 Å². The number of hydrogen-bond acceptors (Lipinski definition) is 4. The summed E-state index contributed by atoms with van der Waals surface area (Å²) in [5.74, 6) is -0.198. The molecule has 0 saturated carbocycles. The fourth-order valence-corrected chi connectivity index (χ4v) is 3.21. The molecule has 1 amide bonds. The van der Waals surface area contributed by atoms with Crippen molar-refractivity contribution in [2.45, 2.75) is 45.5 Å². The second-order valence-electron chi connectivity index (χ2n) is 6.58. The summed E-state index contributed by atoms with van der Waals surface area (Å²) in [6.45, 7) is 6.82. The van der Waals surface area contributed by atoms with Crippen LogP contribution in [0, 0.1) is 5.82 Å². The number of carbonyl (C=O) groups excluding carboxylic acids is 1. The molecule has 1 aromatic carbocycles. The first-order chi connectivity index (χ1) is 12.6. The van der Waals surface area contributed by atoms with Crippen LogP contribution in [0.25, 0.3) is 0 Å². The number of amides is 1. The van der Waals surface area contributed by atoms with Crippen LogP contribution in [-0.4, -0.2) is 45.7 Å². The van der Waals surface area contributed by atoms with Crippen molar-refractivity contribution in [1.82, 2.24) is 16.0 Å². The molecule has 0 aliphatic rings. The molecule has 0 aliphatic carbocycles. The second kappa shape index (κ2) is 10.9. The Hall–Kier alpha value is -2.16. The van der Waals surface area contributed by atoms with Crippen molar-refractivity contribution in [2.75, 3.05) is 19.3 Å². The number of halogens is 1. The van der Waals surface area contributed by atoms with E-state index in [-0.39, 0.29) is 24.2 Å². The topological polar surface area (TPSA) is 99.7 Å². The molecule has 0 spiro atoms. The zero-order valence-electron chi connectivity index (χ0n) is 16.3. The van der Waals surface area contributed by atoms with Gasteiger partial charge in [0.2, 0.25) is 5.91 Å². The molecule has 1 aromatic rings. The van der Waals surface area contributed by atoms with E-state index in [0.717, 1.165) is 6.26 Å². The lowest BCUT2D eigenvalue weighted by molar-refractivity contribution is -0.121. The summed E-state index contributed by atoms with van der Waals surface area (Å²) in [4.78, 5) is 16.1. The Kier molecular flexibility index (Phi) is 9.20. The van der Waals surface area contributed by atoms with Gasteiger partial charge in [-0.05, 0) is 44.0 Å². The molecule has 152 valence electrons. The molecule has 0 bridgehead atoms. The van der Waals surface area contributed by atoms with E-state index in [9.17, 15) is 17.6 Å². The van der Waals surface area contributed by atoms with Gasteiger partial charge in [-0.2, -0.15) is 0 Å².